The van der Waals surface area contributed by atoms with Crippen molar-refractivity contribution in [2.75, 3.05) is 32.7 Å². The number of aliphatic hydroxyl groups is 5. The second-order valence-electron chi connectivity index (χ2n) is 29.3. The van der Waals surface area contributed by atoms with Gasteiger partial charge in [0.2, 0.25) is 5.91 Å². The molecule has 8 aliphatic heterocycles. The van der Waals surface area contributed by atoms with Crippen molar-refractivity contribution in [3.63, 3.8) is 0 Å². The molecule has 0 spiro atoms. The fourth-order valence-corrected chi connectivity index (χ4v) is 16.9. The van der Waals surface area contributed by atoms with Gasteiger partial charge in [0, 0.05) is 64.3 Å². The van der Waals surface area contributed by atoms with Gasteiger partial charge >= 0.3 is 35.0 Å². The number of phosphoric acid groups is 2. The largest absolute Gasteiger partial charge is 2.00 e. The first-order chi connectivity index (χ1) is 51.2. The zero-order chi connectivity index (χ0) is 78.4. The number of nitrogens with zero attached hydrogens (tertiary/aromatic N) is 8. The van der Waals surface area contributed by atoms with Gasteiger partial charge in [-0.15, -0.1) is 0 Å². The quantitative estimate of drug-likeness (QED) is 0.0151. The fraction of sp³-hybridized carbons (Fsp3) is 0.539. The molecule has 30 nitrogen and oxygen atoms in total. The van der Waals surface area contributed by atoms with E-state index in [1.165, 1.54) is 85.8 Å². The summed E-state index contributed by atoms with van der Waals surface area (Å²) in [6, 6.07) is 0. The third-order valence-electron chi connectivity index (χ3n) is 21.2. The van der Waals surface area contributed by atoms with Crippen LogP contribution >= 0.6 is 15.6 Å². The maximum atomic E-state index is 13.6. The number of hydrogen-bond donors (Lipinski definition) is 8. The van der Waals surface area contributed by atoms with Gasteiger partial charge in [-0.25, -0.2) is 34.2 Å². The van der Waals surface area contributed by atoms with E-state index >= 15 is 0 Å². The molecule has 109 heavy (non-hydrogen) atoms. The molecule has 2 aromatic heterocycles. The number of fused-ring (bicyclic) bond motifs is 6. The number of carbonyl (C=O) groups excluding carboxylic acids is 3. The Hall–Kier alpha value is -7.16. The van der Waals surface area contributed by atoms with Crippen LogP contribution in [0.15, 0.2) is 167 Å². The van der Waals surface area contributed by atoms with Crippen molar-refractivity contribution in [3.05, 3.63) is 152 Å². The SMILES string of the molecule is C=CC1=C(C)C2=NC1=CC1=NC(=CC3=C(C)C4=C(O)[C@H](C(=O)OC)C(=C5NC(=C2)[C@@H](C)[C@@H]5CCC(=O)OC/C=C(\C)CCCC(C)CCCC(C)CCCC(C)C)C4=N3)C(CC)=C1C.NC(=O)C1=CN([C@@H]2O[C@H](COP(=O)([O-])OP(=O)([O-])OC[C@H]3O[C@@H](n4cnc5c(N)ncnc54)[C@H](O)[C@@H]3O)[C@@H](O)[C@H]2O)C=CC1.[Mg+2]. The Morgan fingerprint density at radius 3 is 2.08 bits per heavy atom. The predicted molar refractivity (Wildman–Crippen MR) is 405 cm³/mol. The Bertz CT molecular complexity index is 4410. The van der Waals surface area contributed by atoms with Gasteiger partial charge in [-0.3, -0.25) is 28.1 Å². The summed E-state index contributed by atoms with van der Waals surface area (Å²) in [4.78, 5) is 91.5. The molecule has 33 heteroatoms. The van der Waals surface area contributed by atoms with Gasteiger partial charge in [0.05, 0.1) is 60.9 Å². The number of esters is 2. The van der Waals surface area contributed by atoms with Crippen LogP contribution in [0, 0.1) is 35.5 Å². The molecule has 3 saturated heterocycles. The Morgan fingerprint density at radius 2 is 1.45 bits per heavy atom. The van der Waals surface area contributed by atoms with E-state index in [2.05, 4.69) is 102 Å². The molecule has 586 valence electrons. The minimum absolute atomic E-state index is 0. The van der Waals surface area contributed by atoms with Crippen LogP contribution in [-0.4, -0.2) is 178 Å². The van der Waals surface area contributed by atoms with Gasteiger partial charge in [-0.05, 0) is 124 Å². The minimum Gasteiger partial charge on any atom is -0.756 e. The second-order valence-corrected chi connectivity index (χ2v) is 32.3. The van der Waals surface area contributed by atoms with Crippen LogP contribution in [0.25, 0.3) is 11.2 Å². The van der Waals surface area contributed by atoms with Gasteiger partial charge < -0.3 is 85.0 Å². The van der Waals surface area contributed by atoms with Crippen LogP contribution in [-0.2, 0) is 55.8 Å². The molecule has 0 saturated carbocycles. The van der Waals surface area contributed by atoms with Crippen molar-refractivity contribution in [1.82, 2.24) is 29.7 Å². The maximum absolute atomic E-state index is 13.6. The summed E-state index contributed by atoms with van der Waals surface area (Å²) >= 11 is 0. The molecule has 15 atom stereocenters. The van der Waals surface area contributed by atoms with Crippen LogP contribution in [0.5, 0.6) is 0 Å². The van der Waals surface area contributed by atoms with Crippen LogP contribution in [0.4, 0.5) is 5.82 Å². The second kappa shape index (κ2) is 37.0. The number of nitrogens with one attached hydrogen (secondary N) is 1. The molecule has 0 aromatic carbocycles. The number of anilines is 1. The average Bonchev–Trinajstić information content (AvgIpc) is 1.56. The average molecular weight is 1560 g/mol. The molecule has 3 fully saturated rings. The van der Waals surface area contributed by atoms with Crippen LogP contribution in [0.1, 0.15) is 159 Å². The molecule has 1 aliphatic carbocycles. The summed E-state index contributed by atoms with van der Waals surface area (Å²) in [6.07, 6.45) is 17.4. The Morgan fingerprint density at radius 1 is 0.826 bits per heavy atom. The first kappa shape index (κ1) is 85.8. The predicted octanol–water partition coefficient (Wildman–Crippen LogP) is 8.62. The molecule has 4 unspecified atom stereocenters. The maximum Gasteiger partial charge on any atom is 2.00 e. The zero-order valence-corrected chi connectivity index (χ0v) is 66.9. The number of nitrogens with two attached hydrogens (primary N) is 2. The Kier molecular flexibility index (Phi) is 29.1. The van der Waals surface area contributed by atoms with Crippen molar-refractivity contribution in [1.29, 1.82) is 0 Å². The summed E-state index contributed by atoms with van der Waals surface area (Å²) in [5, 5.41) is 57.1. The molecule has 1 amide bonds. The van der Waals surface area contributed by atoms with Crippen LogP contribution < -0.4 is 26.6 Å². The fourth-order valence-electron chi connectivity index (χ4n) is 14.9. The topological polar surface area (TPSA) is 445 Å². The Balaban J connectivity index is 0.000000266. The number of primary amides is 1. The van der Waals surface area contributed by atoms with Gasteiger partial charge in [0.15, 0.2) is 23.9 Å². The number of carbonyl (C=O) groups is 3. The molecule has 2 aromatic rings. The van der Waals surface area contributed by atoms with Crippen LogP contribution in [0.2, 0.25) is 0 Å². The summed E-state index contributed by atoms with van der Waals surface area (Å²) in [6.45, 7) is 24.3. The molecule has 11 rings (SSSR count). The van der Waals surface area contributed by atoms with E-state index in [0.29, 0.717) is 29.0 Å². The number of hydrogen-bond acceptors (Lipinski definition) is 28. The van der Waals surface area contributed by atoms with Crippen molar-refractivity contribution in [2.24, 2.45) is 56.2 Å². The first-order valence-corrected chi connectivity index (χ1v) is 39.7. The Labute approximate surface area is 651 Å². The number of aliphatic imine (C=N–C) groups is 3. The van der Waals surface area contributed by atoms with E-state index in [9.17, 15) is 58.8 Å². The molecule has 0 radical (unpaired) electrons. The van der Waals surface area contributed by atoms with Gasteiger partial charge in [0.1, 0.15) is 66.8 Å². The molecule has 10 heterocycles. The summed E-state index contributed by atoms with van der Waals surface area (Å²) in [5.41, 5.74) is 24.8. The molecule has 9 aliphatic rings. The van der Waals surface area contributed by atoms with Crippen LogP contribution in [0.3, 0.4) is 0 Å². The number of aliphatic hydroxyl groups excluding tert-OH is 5. The van der Waals surface area contributed by atoms with E-state index in [0.717, 1.165) is 105 Å². The number of imidazole rings is 1. The number of phosphoric ester groups is 2. The van der Waals surface area contributed by atoms with E-state index in [1.807, 2.05) is 38.2 Å². The van der Waals surface area contributed by atoms with Gasteiger partial charge in [-0.2, -0.15) is 0 Å². The number of ether oxygens (including phenoxy) is 4. The third-order valence-corrected chi connectivity index (χ3v) is 23.7. The standard InChI is InChI=1S/C55H74N4O5.C21H29N7O14P2.Mg/c1-13-39-35(8)42-28-44-37(10)41(24-25-48(60)64-27-26-34(7)23-17-22-33(6)21-16-20-32(5)19-15-18-31(3)4)52(58-44)50-51(55(62)63-12)54(61)49-38(11)45(59-53(49)50)30-47-40(14-2)36(9)43(57-47)29-46(39)56-42;22-17-12-19(25-7-24-17)28(8-26-12)21-16(32)14(30)11(41-21)6-39-44(36,37)42-43(34,35)38-5-10-13(29)15(31)20(40-10)27-3-1-2-9(4-27)18(23)33;/h13,26,28-33,37,41,51,58,61H,1,14-25,27H2,2-12H3;1,3-4,7-8,10-11,13-16,20-21,29-32H,2,5-6H2,(H2,23,33)(H,34,35)(H,36,37)(H2,22,24,25);/q;;+2/p-2/b34-26+,44-28?,46-29?,47-30?,52-50?;;/t32?,33?,37-,41-,51+;10-,11-,13-,14-,15-,16-,20-,21-;/m01./s1. The van der Waals surface area contributed by atoms with E-state index in [4.69, 9.17) is 45.4 Å². The monoisotopic (exact) mass is 1560 g/mol. The molecule has 8 bridgehead atoms. The van der Waals surface area contributed by atoms with Crippen molar-refractivity contribution < 1.29 is 91.1 Å². The third kappa shape index (κ3) is 19.8. The summed E-state index contributed by atoms with van der Waals surface area (Å²) in [5.74, 6) is -0.704. The summed E-state index contributed by atoms with van der Waals surface area (Å²) < 4.78 is 61.0. The number of methoxy groups -OCH3 is 1. The minimum atomic E-state index is -5.68. The smallest absolute Gasteiger partial charge is 0.756 e. The number of rotatable bonds is 31. The first-order valence-electron chi connectivity index (χ1n) is 36.8. The normalized spacial score (nSPS) is 26.8. The number of aromatic nitrogens is 4. The summed E-state index contributed by atoms with van der Waals surface area (Å²) in [7, 11) is -10.0. The molecule has 10 N–H and O–H groups in total. The molecular weight excluding hydrogens is 1460 g/mol. The van der Waals surface area contributed by atoms with Gasteiger partial charge in [0.25, 0.3) is 15.6 Å². The molecular formula is C76H101MgN11O19P2. The van der Waals surface area contributed by atoms with E-state index in [1.54, 1.807) is 6.08 Å². The number of allylic oxidation sites excluding steroid dienone is 13. The number of amides is 1. The number of nitrogen functional groups attached to an aromatic ring is 1. The zero-order valence-electron chi connectivity index (χ0n) is 63.7. The van der Waals surface area contributed by atoms with E-state index in [-0.39, 0.29) is 88.6 Å². The van der Waals surface area contributed by atoms with Crippen molar-refractivity contribution in [2.45, 2.75) is 202 Å². The van der Waals surface area contributed by atoms with Crippen molar-refractivity contribution in [3.8, 4) is 0 Å². The van der Waals surface area contributed by atoms with E-state index < -0.39 is 95.7 Å². The van der Waals surface area contributed by atoms with Crippen molar-refractivity contribution >= 4 is 90.7 Å². The van der Waals surface area contributed by atoms with Gasteiger partial charge in [-0.1, -0.05) is 111 Å².